The predicted molar refractivity (Wildman–Crippen MR) is 73.4 cm³/mol. The van der Waals surface area contributed by atoms with Crippen molar-refractivity contribution < 1.29 is 4.74 Å². The minimum Gasteiger partial charge on any atom is -0.377 e. The van der Waals surface area contributed by atoms with Crippen molar-refractivity contribution in [2.45, 2.75) is 56.6 Å². The van der Waals surface area contributed by atoms with Crippen molar-refractivity contribution in [3.63, 3.8) is 0 Å². The van der Waals surface area contributed by atoms with Gasteiger partial charge >= 0.3 is 0 Å². The van der Waals surface area contributed by atoms with Crippen LogP contribution in [0.15, 0.2) is 24.5 Å². The van der Waals surface area contributed by atoms with E-state index in [-0.39, 0.29) is 11.6 Å². The summed E-state index contributed by atoms with van der Waals surface area (Å²) in [6.45, 7) is 0. The summed E-state index contributed by atoms with van der Waals surface area (Å²) in [4.78, 5) is 4.05. The lowest BCUT2D eigenvalue weighted by Crippen LogP contribution is -2.50. The van der Waals surface area contributed by atoms with Gasteiger partial charge in [0.15, 0.2) is 0 Å². The van der Waals surface area contributed by atoms with Crippen LogP contribution in [0.3, 0.4) is 0 Å². The summed E-state index contributed by atoms with van der Waals surface area (Å²) in [7, 11) is 1.82. The first-order valence-electron chi connectivity index (χ1n) is 6.96. The van der Waals surface area contributed by atoms with Crippen molar-refractivity contribution in [2.24, 2.45) is 5.73 Å². The van der Waals surface area contributed by atoms with Crippen LogP contribution < -0.4 is 5.73 Å². The minimum atomic E-state index is -0.125. The molecule has 100 valence electrons. The molecule has 1 atom stereocenters. The van der Waals surface area contributed by atoms with E-state index < -0.39 is 0 Å². The molecule has 0 spiro atoms. The van der Waals surface area contributed by atoms with Gasteiger partial charge in [0, 0.05) is 25.5 Å². The molecule has 1 saturated carbocycles. The maximum absolute atomic E-state index is 6.45. The Morgan fingerprint density at radius 1 is 1.22 bits per heavy atom. The highest BCUT2D eigenvalue weighted by molar-refractivity contribution is 5.13. The van der Waals surface area contributed by atoms with Gasteiger partial charge in [0.1, 0.15) is 0 Å². The highest BCUT2D eigenvalue weighted by Crippen LogP contribution is 2.33. The third kappa shape index (κ3) is 3.09. The van der Waals surface area contributed by atoms with E-state index in [9.17, 15) is 0 Å². The Morgan fingerprint density at radius 3 is 2.39 bits per heavy atom. The second-order valence-electron chi connectivity index (χ2n) is 5.35. The van der Waals surface area contributed by atoms with Crippen molar-refractivity contribution in [1.29, 1.82) is 0 Å². The molecule has 1 heterocycles. The number of nitrogens with two attached hydrogens (primary N) is 1. The fourth-order valence-corrected chi connectivity index (χ4v) is 3.01. The molecule has 2 N–H and O–H groups in total. The number of pyridine rings is 1. The maximum atomic E-state index is 6.45. The van der Waals surface area contributed by atoms with Crippen LogP contribution in [0.25, 0.3) is 0 Å². The van der Waals surface area contributed by atoms with Crippen LogP contribution >= 0.6 is 0 Å². The van der Waals surface area contributed by atoms with Gasteiger partial charge in [-0.15, -0.1) is 0 Å². The molecular weight excluding hydrogens is 224 g/mol. The van der Waals surface area contributed by atoms with Crippen LogP contribution in [0.1, 0.15) is 44.1 Å². The summed E-state index contributed by atoms with van der Waals surface area (Å²) in [5.41, 5.74) is 7.57. The number of hydrogen-bond acceptors (Lipinski definition) is 3. The van der Waals surface area contributed by atoms with Crippen LogP contribution in [0.2, 0.25) is 0 Å². The van der Waals surface area contributed by atoms with E-state index >= 15 is 0 Å². The van der Waals surface area contributed by atoms with Crippen LogP contribution in [0.5, 0.6) is 0 Å². The van der Waals surface area contributed by atoms with Gasteiger partial charge in [-0.3, -0.25) is 4.98 Å². The standard InChI is InChI=1S/C15H24N2O/c1-18-15(8-4-2-3-5-9-15)14(16)12-13-6-10-17-11-7-13/h6-7,10-11,14H,2-5,8-9,12,16H2,1H3. The SMILES string of the molecule is COC1(C(N)Cc2ccncc2)CCCCCC1. The summed E-state index contributed by atoms with van der Waals surface area (Å²) in [5, 5.41) is 0. The van der Waals surface area contributed by atoms with Crippen LogP contribution in [-0.2, 0) is 11.2 Å². The van der Waals surface area contributed by atoms with Gasteiger partial charge in [0.25, 0.3) is 0 Å². The molecule has 1 aliphatic rings. The number of nitrogens with zero attached hydrogens (tertiary/aromatic N) is 1. The first-order valence-corrected chi connectivity index (χ1v) is 6.96. The Kier molecular flexibility index (Phi) is 4.72. The number of methoxy groups -OCH3 is 1. The fourth-order valence-electron chi connectivity index (χ4n) is 3.01. The van der Waals surface area contributed by atoms with Crippen LogP contribution in [0, 0.1) is 0 Å². The summed E-state index contributed by atoms with van der Waals surface area (Å²) < 4.78 is 5.85. The zero-order valence-corrected chi connectivity index (χ0v) is 11.3. The second kappa shape index (κ2) is 6.30. The van der Waals surface area contributed by atoms with Crippen molar-refractivity contribution >= 4 is 0 Å². The van der Waals surface area contributed by atoms with Gasteiger partial charge in [-0.05, 0) is 37.0 Å². The molecule has 0 radical (unpaired) electrons. The van der Waals surface area contributed by atoms with Crippen molar-refractivity contribution in [3.05, 3.63) is 30.1 Å². The lowest BCUT2D eigenvalue weighted by molar-refractivity contribution is -0.0430. The van der Waals surface area contributed by atoms with Crippen molar-refractivity contribution in [2.75, 3.05) is 7.11 Å². The molecule has 0 aliphatic heterocycles. The number of ether oxygens (including phenoxy) is 1. The van der Waals surface area contributed by atoms with Gasteiger partial charge < -0.3 is 10.5 Å². The number of aromatic nitrogens is 1. The minimum absolute atomic E-state index is 0.0722. The monoisotopic (exact) mass is 248 g/mol. The number of rotatable bonds is 4. The Balaban J connectivity index is 2.06. The average molecular weight is 248 g/mol. The molecular formula is C15H24N2O. The normalized spacial score (nSPS) is 21.2. The molecule has 0 saturated heterocycles. The van der Waals surface area contributed by atoms with E-state index in [1.165, 1.54) is 31.2 Å². The largest absolute Gasteiger partial charge is 0.377 e. The highest BCUT2D eigenvalue weighted by atomic mass is 16.5. The molecule has 2 rings (SSSR count). The first-order chi connectivity index (χ1) is 8.77. The summed E-state index contributed by atoms with van der Waals surface area (Å²) in [6.07, 6.45) is 11.8. The molecule has 1 aromatic rings. The number of hydrogen-bond donors (Lipinski definition) is 1. The lowest BCUT2D eigenvalue weighted by Gasteiger charge is -2.37. The molecule has 3 nitrogen and oxygen atoms in total. The first kappa shape index (κ1) is 13.5. The summed E-state index contributed by atoms with van der Waals surface area (Å²) in [5.74, 6) is 0. The molecule has 0 bridgehead atoms. The molecule has 0 amide bonds. The third-order valence-corrected chi connectivity index (χ3v) is 4.24. The van der Waals surface area contributed by atoms with Gasteiger partial charge in [0.05, 0.1) is 5.60 Å². The van der Waals surface area contributed by atoms with Gasteiger partial charge in [-0.2, -0.15) is 0 Å². The lowest BCUT2D eigenvalue weighted by atomic mass is 9.83. The van der Waals surface area contributed by atoms with Gasteiger partial charge in [-0.25, -0.2) is 0 Å². The maximum Gasteiger partial charge on any atom is 0.0832 e. The van der Waals surface area contributed by atoms with E-state index in [0.717, 1.165) is 19.3 Å². The molecule has 1 unspecified atom stereocenters. The zero-order chi connectivity index (χ0) is 12.8. The van der Waals surface area contributed by atoms with E-state index in [1.54, 1.807) is 0 Å². The summed E-state index contributed by atoms with van der Waals surface area (Å²) >= 11 is 0. The Morgan fingerprint density at radius 2 is 1.83 bits per heavy atom. The van der Waals surface area contributed by atoms with E-state index in [4.69, 9.17) is 10.5 Å². The van der Waals surface area contributed by atoms with Crippen molar-refractivity contribution in [3.8, 4) is 0 Å². The molecule has 1 fully saturated rings. The third-order valence-electron chi connectivity index (χ3n) is 4.24. The van der Waals surface area contributed by atoms with Crippen molar-refractivity contribution in [1.82, 2.24) is 4.98 Å². The van der Waals surface area contributed by atoms with E-state index in [2.05, 4.69) is 4.98 Å². The quantitative estimate of drug-likeness (QED) is 0.833. The van der Waals surface area contributed by atoms with E-state index in [0.29, 0.717) is 0 Å². The molecule has 0 aromatic carbocycles. The molecule has 1 aliphatic carbocycles. The predicted octanol–water partition coefficient (Wildman–Crippen LogP) is 2.69. The fraction of sp³-hybridized carbons (Fsp3) is 0.667. The second-order valence-corrected chi connectivity index (χ2v) is 5.35. The Labute approximate surface area is 110 Å². The highest BCUT2D eigenvalue weighted by Gasteiger charge is 2.36. The smallest absolute Gasteiger partial charge is 0.0832 e. The molecule has 1 aromatic heterocycles. The average Bonchev–Trinajstić information content (AvgIpc) is 2.66. The van der Waals surface area contributed by atoms with Gasteiger partial charge in [0.2, 0.25) is 0 Å². The Hall–Kier alpha value is -0.930. The Bertz CT molecular complexity index is 345. The van der Waals surface area contributed by atoms with Crippen LogP contribution in [-0.4, -0.2) is 23.7 Å². The molecule has 18 heavy (non-hydrogen) atoms. The zero-order valence-electron chi connectivity index (χ0n) is 11.3. The van der Waals surface area contributed by atoms with E-state index in [1.807, 2.05) is 31.6 Å². The summed E-state index contributed by atoms with van der Waals surface area (Å²) in [6, 6.07) is 4.16. The topological polar surface area (TPSA) is 48.1 Å². The molecule has 3 heteroatoms. The van der Waals surface area contributed by atoms with Crippen LogP contribution in [0.4, 0.5) is 0 Å². The van der Waals surface area contributed by atoms with Gasteiger partial charge in [-0.1, -0.05) is 25.7 Å².